The third-order valence-corrected chi connectivity index (χ3v) is 8.40. The highest BCUT2D eigenvalue weighted by Gasteiger charge is 2.26. The minimum atomic E-state index is -0.964. The van der Waals surface area contributed by atoms with Gasteiger partial charge in [0.2, 0.25) is 11.9 Å². The van der Waals surface area contributed by atoms with Gasteiger partial charge in [0.1, 0.15) is 11.2 Å². The molecule has 0 bridgehead atoms. The molecule has 1 aliphatic rings. The van der Waals surface area contributed by atoms with Gasteiger partial charge in [0.15, 0.2) is 0 Å². The summed E-state index contributed by atoms with van der Waals surface area (Å²) >= 11 is 0. The predicted molar refractivity (Wildman–Crippen MR) is 171 cm³/mol. The van der Waals surface area contributed by atoms with Gasteiger partial charge in [-0.05, 0) is 71.6 Å². The molecule has 10 nitrogen and oxygen atoms in total. The molecule has 45 heavy (non-hydrogen) atoms. The molecular weight excluding hydrogens is 568 g/mol. The molecule has 220 valence electrons. The first-order chi connectivity index (χ1) is 21.9. The molecule has 1 atom stereocenters. The lowest BCUT2D eigenvalue weighted by Gasteiger charge is -2.29. The number of furan rings is 1. The summed E-state index contributed by atoms with van der Waals surface area (Å²) in [5.74, 6) is -1.09. The molecule has 4 heterocycles. The molecule has 1 amide bonds. The number of hydrogen-bond donors (Lipinski definition) is 4. The Bertz CT molecular complexity index is 2320. The Morgan fingerprint density at radius 2 is 1.76 bits per heavy atom. The van der Waals surface area contributed by atoms with Crippen molar-refractivity contribution in [1.82, 2.24) is 19.9 Å². The summed E-state index contributed by atoms with van der Waals surface area (Å²) < 4.78 is 8.01. The number of nitrogens with zero attached hydrogens (tertiary/aromatic N) is 3. The SMILES string of the molecule is NC(=O)c1ccc(C2NCCc3cc(C(=O)O)ccc32)c(Nc2nc(-c3cccc4c3oc3ccccc34)cc3ccnn23)c1. The Kier molecular flexibility index (Phi) is 6.10. The van der Waals surface area contributed by atoms with Gasteiger partial charge in [-0.3, -0.25) is 4.79 Å². The fraction of sp³-hybridized carbons (Fsp3) is 0.0857. The molecule has 0 saturated carbocycles. The molecule has 3 aromatic heterocycles. The first-order valence-electron chi connectivity index (χ1n) is 14.5. The van der Waals surface area contributed by atoms with Crippen molar-refractivity contribution < 1.29 is 19.1 Å². The monoisotopic (exact) mass is 594 g/mol. The van der Waals surface area contributed by atoms with Crippen molar-refractivity contribution in [2.45, 2.75) is 12.5 Å². The second-order valence-corrected chi connectivity index (χ2v) is 11.1. The Morgan fingerprint density at radius 3 is 2.62 bits per heavy atom. The van der Waals surface area contributed by atoms with Gasteiger partial charge in [0.05, 0.1) is 29.0 Å². The summed E-state index contributed by atoms with van der Waals surface area (Å²) in [5.41, 5.74) is 13.5. The van der Waals surface area contributed by atoms with Crippen LogP contribution >= 0.6 is 0 Å². The summed E-state index contributed by atoms with van der Waals surface area (Å²) in [6.45, 7) is 0.649. The van der Waals surface area contributed by atoms with Gasteiger partial charge in [-0.2, -0.15) is 5.10 Å². The lowest BCUT2D eigenvalue weighted by molar-refractivity contribution is 0.0696. The van der Waals surface area contributed by atoms with Crippen LogP contribution in [0.15, 0.2) is 102 Å². The summed E-state index contributed by atoms with van der Waals surface area (Å²) in [6.07, 6.45) is 2.40. The molecule has 4 aromatic carbocycles. The number of benzene rings is 4. The maximum atomic E-state index is 12.3. The highest BCUT2D eigenvalue weighted by molar-refractivity contribution is 6.09. The van der Waals surface area contributed by atoms with Crippen LogP contribution in [0.5, 0.6) is 0 Å². The zero-order valence-electron chi connectivity index (χ0n) is 23.8. The van der Waals surface area contributed by atoms with Crippen molar-refractivity contribution in [3.05, 3.63) is 125 Å². The van der Waals surface area contributed by atoms with Crippen LogP contribution in [0.3, 0.4) is 0 Å². The number of fused-ring (bicyclic) bond motifs is 5. The van der Waals surface area contributed by atoms with Crippen LogP contribution in [0.4, 0.5) is 11.6 Å². The van der Waals surface area contributed by atoms with E-state index in [1.54, 1.807) is 35.0 Å². The number of carboxylic acids is 1. The summed E-state index contributed by atoms with van der Waals surface area (Å²) in [4.78, 5) is 28.9. The minimum Gasteiger partial charge on any atom is -0.478 e. The molecule has 5 N–H and O–H groups in total. The van der Waals surface area contributed by atoms with Gasteiger partial charge in [-0.25, -0.2) is 14.3 Å². The number of carbonyl (C=O) groups excluding carboxylic acids is 1. The van der Waals surface area contributed by atoms with Crippen molar-refractivity contribution in [2.75, 3.05) is 11.9 Å². The first kappa shape index (κ1) is 26.6. The van der Waals surface area contributed by atoms with Crippen LogP contribution in [-0.4, -0.2) is 38.1 Å². The third kappa shape index (κ3) is 4.47. The second kappa shape index (κ2) is 10.3. The molecule has 0 radical (unpaired) electrons. The van der Waals surface area contributed by atoms with Gasteiger partial charge in [0.25, 0.3) is 0 Å². The average molecular weight is 595 g/mol. The molecule has 8 rings (SSSR count). The summed E-state index contributed by atoms with van der Waals surface area (Å²) in [6, 6.07) is 28.0. The Morgan fingerprint density at radius 1 is 0.933 bits per heavy atom. The number of nitrogens with two attached hydrogens (primary N) is 1. The fourth-order valence-electron chi connectivity index (χ4n) is 6.27. The van der Waals surface area contributed by atoms with E-state index in [1.807, 2.05) is 66.7 Å². The largest absolute Gasteiger partial charge is 0.478 e. The number of carbonyl (C=O) groups is 2. The number of rotatable bonds is 6. The van der Waals surface area contributed by atoms with Crippen molar-refractivity contribution >= 4 is 51.0 Å². The number of nitrogens with one attached hydrogen (secondary N) is 2. The molecule has 1 unspecified atom stereocenters. The number of para-hydroxylation sites is 2. The zero-order valence-corrected chi connectivity index (χ0v) is 23.8. The van der Waals surface area contributed by atoms with E-state index in [9.17, 15) is 14.7 Å². The average Bonchev–Trinajstić information content (AvgIpc) is 3.69. The number of primary amides is 1. The van der Waals surface area contributed by atoms with Crippen LogP contribution < -0.4 is 16.4 Å². The van der Waals surface area contributed by atoms with Gasteiger partial charge in [-0.15, -0.1) is 0 Å². The van der Waals surface area contributed by atoms with Crippen LogP contribution in [0.2, 0.25) is 0 Å². The number of aromatic nitrogens is 3. The van der Waals surface area contributed by atoms with Gasteiger partial charge in [-0.1, -0.05) is 42.5 Å². The standard InChI is InChI=1S/C35H26N6O4/c36-33(42)20-8-11-26(31-23-10-9-21(34(43)44)16-19(23)12-14-37-31)28(17-20)39-35-40-29(18-22-13-15-38-41(22)35)27-6-3-5-25-24-4-1-2-7-30(24)45-32(25)27/h1-11,13,15-18,31,37H,12,14H2,(H2,36,42)(H,39,40)(H,43,44). The third-order valence-electron chi connectivity index (χ3n) is 8.40. The normalized spacial score (nSPS) is 14.5. The maximum Gasteiger partial charge on any atom is 0.335 e. The van der Waals surface area contributed by atoms with Crippen LogP contribution in [-0.2, 0) is 6.42 Å². The number of hydrogen-bond acceptors (Lipinski definition) is 7. The van der Waals surface area contributed by atoms with E-state index in [0.29, 0.717) is 35.9 Å². The second-order valence-electron chi connectivity index (χ2n) is 11.1. The van der Waals surface area contributed by atoms with Gasteiger partial charge in [0, 0.05) is 34.1 Å². The van der Waals surface area contributed by atoms with E-state index in [2.05, 4.69) is 15.7 Å². The van der Waals surface area contributed by atoms with E-state index in [1.165, 1.54) is 0 Å². The minimum absolute atomic E-state index is 0.249. The fourth-order valence-corrected chi connectivity index (χ4v) is 6.27. The number of amides is 1. The highest BCUT2D eigenvalue weighted by Crippen LogP contribution is 2.38. The van der Waals surface area contributed by atoms with Crippen molar-refractivity contribution in [1.29, 1.82) is 0 Å². The first-order valence-corrected chi connectivity index (χ1v) is 14.5. The molecule has 10 heteroatoms. The van der Waals surface area contributed by atoms with Crippen LogP contribution in [0.1, 0.15) is 43.4 Å². The van der Waals surface area contributed by atoms with E-state index in [4.69, 9.17) is 15.1 Å². The van der Waals surface area contributed by atoms with Crippen LogP contribution in [0, 0.1) is 0 Å². The molecule has 0 spiro atoms. The van der Waals surface area contributed by atoms with Gasteiger partial charge >= 0.3 is 5.97 Å². The van der Waals surface area contributed by atoms with E-state index >= 15 is 0 Å². The highest BCUT2D eigenvalue weighted by atomic mass is 16.4. The zero-order chi connectivity index (χ0) is 30.7. The quantitative estimate of drug-likeness (QED) is 0.181. The van der Waals surface area contributed by atoms with E-state index < -0.39 is 11.9 Å². The van der Waals surface area contributed by atoms with Gasteiger partial charge < -0.3 is 25.9 Å². The lowest BCUT2D eigenvalue weighted by atomic mass is 9.87. The Balaban J connectivity index is 1.27. The molecule has 1 aliphatic heterocycles. The van der Waals surface area contributed by atoms with E-state index in [-0.39, 0.29) is 11.6 Å². The number of carboxylic acid groups (broad SMARTS) is 1. The summed E-state index contributed by atoms with van der Waals surface area (Å²) in [7, 11) is 0. The smallest absolute Gasteiger partial charge is 0.335 e. The summed E-state index contributed by atoms with van der Waals surface area (Å²) in [5, 5.41) is 23.1. The van der Waals surface area contributed by atoms with E-state index in [0.717, 1.165) is 49.7 Å². The van der Waals surface area contributed by atoms with Crippen LogP contribution in [0.25, 0.3) is 38.7 Å². The molecule has 0 fully saturated rings. The van der Waals surface area contributed by atoms with Crippen molar-refractivity contribution in [3.63, 3.8) is 0 Å². The molecule has 0 aliphatic carbocycles. The topological polar surface area (TPSA) is 148 Å². The Labute approximate surface area is 256 Å². The van der Waals surface area contributed by atoms with Crippen molar-refractivity contribution in [3.8, 4) is 11.3 Å². The number of aromatic carboxylic acids is 1. The van der Waals surface area contributed by atoms with Crippen molar-refractivity contribution in [2.24, 2.45) is 5.73 Å². The molecule has 0 saturated heterocycles. The number of anilines is 2. The maximum absolute atomic E-state index is 12.3. The predicted octanol–water partition coefficient (Wildman–Crippen LogP) is 6.07. The Hall–Kier alpha value is -6.00. The molecule has 7 aromatic rings. The lowest BCUT2D eigenvalue weighted by Crippen LogP contribution is -2.31. The molecular formula is C35H26N6O4.